The highest BCUT2D eigenvalue weighted by molar-refractivity contribution is 7.28. The van der Waals surface area contributed by atoms with E-state index in [9.17, 15) is 14.3 Å². The highest BCUT2D eigenvalue weighted by atomic mass is 32.1. The van der Waals surface area contributed by atoms with E-state index in [0.29, 0.717) is 18.5 Å². The average Bonchev–Trinajstić information content (AvgIpc) is 3.38. The monoisotopic (exact) mass is 488 g/mol. The fourth-order valence-corrected chi connectivity index (χ4v) is 6.56. The Bertz CT molecular complexity index is 1320. The van der Waals surface area contributed by atoms with Crippen molar-refractivity contribution in [3.05, 3.63) is 35.1 Å². The van der Waals surface area contributed by atoms with Crippen LogP contribution < -0.4 is 0 Å². The molecule has 1 fully saturated rings. The lowest BCUT2D eigenvalue weighted by atomic mass is 9.92. The number of rotatable bonds is 2. The molecule has 1 amide bonds. The van der Waals surface area contributed by atoms with Crippen LogP contribution in [-0.4, -0.2) is 55.7 Å². The lowest BCUT2D eigenvalue weighted by molar-refractivity contribution is -0.00118. The third kappa shape index (κ3) is 4.34. The second kappa shape index (κ2) is 8.03. The van der Waals surface area contributed by atoms with E-state index in [1.165, 1.54) is 17.4 Å². The standard InChI is InChI=1S/C23H25FN4O3S2/c1-23(2,3)31-22(30)28-6-5-14(16(29)11-28)17-9-18-21(32-17)25-20(33-18)12-7-13-10-27(4)26-19(13)15(24)8-12/h7-10,14,16,29H,5-6,11H2,1-4H3. The van der Waals surface area contributed by atoms with Crippen LogP contribution >= 0.6 is 22.7 Å². The van der Waals surface area contributed by atoms with Gasteiger partial charge in [0.2, 0.25) is 0 Å². The van der Waals surface area contributed by atoms with Crippen LogP contribution in [0.1, 0.15) is 38.0 Å². The van der Waals surface area contributed by atoms with E-state index in [4.69, 9.17) is 9.72 Å². The lowest BCUT2D eigenvalue weighted by Crippen LogP contribution is -2.47. The van der Waals surface area contributed by atoms with Gasteiger partial charge in [0.25, 0.3) is 0 Å². The van der Waals surface area contributed by atoms with Gasteiger partial charge in [-0.05, 0) is 45.4 Å². The predicted molar refractivity (Wildman–Crippen MR) is 128 cm³/mol. The Labute approximate surface area is 198 Å². The molecule has 2 unspecified atom stereocenters. The van der Waals surface area contributed by atoms with Crippen molar-refractivity contribution in [3.8, 4) is 10.6 Å². The van der Waals surface area contributed by atoms with E-state index >= 15 is 0 Å². The summed E-state index contributed by atoms with van der Waals surface area (Å²) < 4.78 is 22.5. The van der Waals surface area contributed by atoms with Gasteiger partial charge in [0.15, 0.2) is 5.82 Å². The summed E-state index contributed by atoms with van der Waals surface area (Å²) in [7, 11) is 1.77. The van der Waals surface area contributed by atoms with Gasteiger partial charge in [-0.15, -0.1) is 22.7 Å². The molecule has 0 spiro atoms. The topological polar surface area (TPSA) is 80.5 Å². The third-order valence-electron chi connectivity index (χ3n) is 5.63. The minimum atomic E-state index is -0.666. The molecular weight excluding hydrogens is 463 g/mol. The van der Waals surface area contributed by atoms with Crippen LogP contribution in [0.4, 0.5) is 9.18 Å². The largest absolute Gasteiger partial charge is 0.444 e. The number of aromatic nitrogens is 3. The SMILES string of the molecule is Cn1cc2cc(-c3nc4sc(C5CCN(C(=O)OC(C)(C)C)CC5O)cc4s3)cc(F)c2n1. The number of carbonyl (C=O) groups excluding carboxylic acids is 1. The van der Waals surface area contributed by atoms with Crippen molar-refractivity contribution in [2.24, 2.45) is 7.05 Å². The second-order valence-electron chi connectivity index (χ2n) is 9.42. The van der Waals surface area contributed by atoms with Crippen LogP contribution in [0.5, 0.6) is 0 Å². The van der Waals surface area contributed by atoms with Gasteiger partial charge in [0.05, 0.1) is 17.3 Å². The van der Waals surface area contributed by atoms with Crippen LogP contribution in [0.2, 0.25) is 0 Å². The number of ether oxygens (including phenoxy) is 1. The van der Waals surface area contributed by atoms with Crippen molar-refractivity contribution in [3.63, 3.8) is 0 Å². The van der Waals surface area contributed by atoms with Crippen LogP contribution in [0.25, 0.3) is 31.0 Å². The number of β-amino-alcohol motifs (C(OH)–C–C–N with tert-alkyl or cyclic N) is 1. The summed E-state index contributed by atoms with van der Waals surface area (Å²) in [5.41, 5.74) is 0.521. The van der Waals surface area contributed by atoms with E-state index in [1.807, 2.05) is 26.8 Å². The molecule has 7 nitrogen and oxygen atoms in total. The average molecular weight is 489 g/mol. The van der Waals surface area contributed by atoms with Crippen molar-refractivity contribution >= 4 is 49.2 Å². The van der Waals surface area contributed by atoms with E-state index in [2.05, 4.69) is 11.2 Å². The smallest absolute Gasteiger partial charge is 0.410 e. The summed E-state index contributed by atoms with van der Waals surface area (Å²) in [6.45, 7) is 6.27. The van der Waals surface area contributed by atoms with E-state index in [1.54, 1.807) is 34.2 Å². The van der Waals surface area contributed by atoms with E-state index in [-0.39, 0.29) is 18.3 Å². The second-order valence-corrected chi connectivity index (χ2v) is 11.5. The van der Waals surface area contributed by atoms with Crippen LogP contribution in [0.15, 0.2) is 24.4 Å². The molecule has 5 rings (SSSR count). The van der Waals surface area contributed by atoms with Gasteiger partial charge in [0, 0.05) is 41.5 Å². The number of thiazole rings is 1. The minimum absolute atomic E-state index is 0.0530. The molecule has 1 aliphatic rings. The molecule has 174 valence electrons. The number of fused-ring (bicyclic) bond motifs is 2. The number of halogens is 1. The zero-order valence-corrected chi connectivity index (χ0v) is 20.5. The maximum atomic E-state index is 14.5. The third-order valence-corrected chi connectivity index (χ3v) is 7.97. The lowest BCUT2D eigenvalue weighted by Gasteiger charge is -2.36. The van der Waals surface area contributed by atoms with Gasteiger partial charge >= 0.3 is 6.09 Å². The summed E-state index contributed by atoms with van der Waals surface area (Å²) in [5.74, 6) is -0.412. The summed E-state index contributed by atoms with van der Waals surface area (Å²) in [6, 6.07) is 5.46. The normalized spacial score (nSPS) is 19.5. The number of benzene rings is 1. The Morgan fingerprint density at radius 1 is 1.27 bits per heavy atom. The Morgan fingerprint density at radius 3 is 2.76 bits per heavy atom. The van der Waals surface area contributed by atoms with Crippen molar-refractivity contribution in [2.45, 2.75) is 44.8 Å². The molecule has 0 aliphatic carbocycles. The number of aliphatic hydroxyl groups is 1. The fourth-order valence-electron chi connectivity index (χ4n) is 4.15. The number of piperidine rings is 1. The summed E-state index contributed by atoms with van der Waals surface area (Å²) in [4.78, 5) is 20.6. The highest BCUT2D eigenvalue weighted by Crippen LogP contribution is 2.41. The van der Waals surface area contributed by atoms with Gasteiger partial charge in [-0.25, -0.2) is 14.2 Å². The first-order valence-corrected chi connectivity index (χ1v) is 12.4. The number of amides is 1. The number of likely N-dealkylation sites (tertiary alicyclic amines) is 1. The molecule has 1 saturated heterocycles. The molecule has 4 heterocycles. The van der Waals surface area contributed by atoms with Gasteiger partial charge in [0.1, 0.15) is 21.0 Å². The summed E-state index contributed by atoms with van der Waals surface area (Å²) in [6.07, 6.45) is 1.39. The first-order chi connectivity index (χ1) is 15.6. The first-order valence-electron chi connectivity index (χ1n) is 10.8. The number of carbonyl (C=O) groups is 1. The van der Waals surface area contributed by atoms with Crippen molar-refractivity contribution in [1.29, 1.82) is 0 Å². The van der Waals surface area contributed by atoms with Gasteiger partial charge in [-0.2, -0.15) is 5.10 Å². The van der Waals surface area contributed by atoms with Crippen molar-refractivity contribution < 1.29 is 19.0 Å². The molecular formula is C23H25FN4O3S2. The van der Waals surface area contributed by atoms with Crippen LogP contribution in [0.3, 0.4) is 0 Å². The Kier molecular flexibility index (Phi) is 5.42. The molecule has 1 aromatic carbocycles. The molecule has 2 atom stereocenters. The van der Waals surface area contributed by atoms with Gasteiger partial charge in [-0.3, -0.25) is 4.68 Å². The van der Waals surface area contributed by atoms with Crippen LogP contribution in [-0.2, 0) is 11.8 Å². The molecule has 1 aliphatic heterocycles. The molecule has 3 aromatic heterocycles. The number of hydrogen-bond acceptors (Lipinski definition) is 7. The highest BCUT2D eigenvalue weighted by Gasteiger charge is 2.34. The minimum Gasteiger partial charge on any atom is -0.444 e. The van der Waals surface area contributed by atoms with Gasteiger partial charge in [-0.1, -0.05) is 0 Å². The Balaban J connectivity index is 1.34. The predicted octanol–water partition coefficient (Wildman–Crippen LogP) is 5.14. The maximum Gasteiger partial charge on any atom is 0.410 e. The molecule has 0 saturated carbocycles. The summed E-state index contributed by atoms with van der Waals surface area (Å²) >= 11 is 3.06. The molecule has 4 aromatic rings. The molecule has 1 N–H and O–H groups in total. The van der Waals surface area contributed by atoms with E-state index < -0.39 is 17.8 Å². The Morgan fingerprint density at radius 2 is 2.06 bits per heavy atom. The quantitative estimate of drug-likeness (QED) is 0.423. The number of aryl methyl sites for hydroxylation is 1. The molecule has 33 heavy (non-hydrogen) atoms. The van der Waals surface area contributed by atoms with Crippen molar-refractivity contribution in [2.75, 3.05) is 13.1 Å². The Hall–Kier alpha value is -2.56. The fraction of sp³-hybridized carbons (Fsp3) is 0.435. The first kappa shape index (κ1) is 22.2. The summed E-state index contributed by atoms with van der Waals surface area (Å²) in [5, 5.41) is 16.4. The van der Waals surface area contributed by atoms with Crippen molar-refractivity contribution in [1.82, 2.24) is 19.7 Å². The number of nitrogens with zero attached hydrogens (tertiary/aromatic N) is 4. The number of thiophene rings is 1. The number of aliphatic hydroxyl groups excluding tert-OH is 1. The molecule has 10 heteroatoms. The zero-order chi connectivity index (χ0) is 23.5. The molecule has 0 radical (unpaired) electrons. The number of hydrogen-bond donors (Lipinski definition) is 1. The van der Waals surface area contributed by atoms with Gasteiger partial charge < -0.3 is 14.7 Å². The van der Waals surface area contributed by atoms with Crippen LogP contribution in [0, 0.1) is 5.82 Å². The van der Waals surface area contributed by atoms with E-state index in [0.717, 1.165) is 30.4 Å². The maximum absolute atomic E-state index is 14.5. The zero-order valence-electron chi connectivity index (χ0n) is 18.8. The molecule has 0 bridgehead atoms.